The lowest BCUT2D eigenvalue weighted by Gasteiger charge is -2.16. The van der Waals surface area contributed by atoms with Gasteiger partial charge < -0.3 is 17.7 Å². The highest BCUT2D eigenvalue weighted by Gasteiger charge is 2.26. The highest BCUT2D eigenvalue weighted by molar-refractivity contribution is 6.58. The largest absolute Gasteiger partial charge is 0.516 e. The number of benzene rings is 1. The van der Waals surface area contributed by atoms with Gasteiger partial charge in [-0.25, -0.2) is 0 Å². The van der Waals surface area contributed by atoms with Gasteiger partial charge in [0, 0.05) is 6.07 Å². The van der Waals surface area contributed by atoms with Gasteiger partial charge >= 0.3 is 12.7 Å². The third kappa shape index (κ3) is 3.14. The van der Waals surface area contributed by atoms with Crippen molar-refractivity contribution in [1.82, 2.24) is 0 Å². The quantitative estimate of drug-likeness (QED) is 0.457. The summed E-state index contributed by atoms with van der Waals surface area (Å²) in [5.41, 5.74) is -0.158. The van der Waals surface area contributed by atoms with E-state index in [2.05, 4.69) is 4.74 Å². The van der Waals surface area contributed by atoms with Crippen LogP contribution in [0.1, 0.15) is 5.56 Å². The molecule has 0 spiro atoms. The zero-order valence-corrected chi connectivity index (χ0v) is 8.32. The van der Waals surface area contributed by atoms with Gasteiger partial charge in [-0.1, -0.05) is 12.1 Å². The lowest BCUT2D eigenvalue weighted by atomic mass is 9.95. The first kappa shape index (κ1) is 12.3. The molecule has 0 aliphatic rings. The van der Waals surface area contributed by atoms with Crippen LogP contribution in [0.15, 0.2) is 18.2 Å². The summed E-state index contributed by atoms with van der Waals surface area (Å²) in [6.07, 6.45) is 0. The van der Waals surface area contributed by atoms with E-state index < -0.39 is 24.1 Å². The van der Waals surface area contributed by atoms with Gasteiger partial charge in [0.2, 0.25) is 0 Å². The lowest BCUT2D eigenvalue weighted by molar-refractivity contribution is -0.385. The molecule has 0 amide bonds. The van der Waals surface area contributed by atoms with Crippen LogP contribution in [0.2, 0.25) is 0 Å². The number of nitrogens with zero attached hydrogens (tertiary/aromatic N) is 1. The van der Waals surface area contributed by atoms with Crippen molar-refractivity contribution >= 4 is 12.7 Å². The van der Waals surface area contributed by atoms with Gasteiger partial charge in [0.25, 0.3) is 0 Å². The first-order chi connectivity index (χ1) is 7.31. The maximum absolute atomic E-state index is 12.0. The summed E-state index contributed by atoms with van der Waals surface area (Å²) >= 11 is 0. The first-order valence-electron chi connectivity index (χ1n) is 4.39. The van der Waals surface area contributed by atoms with Crippen molar-refractivity contribution in [2.24, 2.45) is 0 Å². The van der Waals surface area contributed by atoms with E-state index in [0.717, 1.165) is 6.07 Å². The number of nitro groups is 1. The Bertz CT molecular complexity index is 408. The molecule has 0 aliphatic heterocycles. The van der Waals surface area contributed by atoms with E-state index in [1.54, 1.807) is 0 Å². The number of aryl methyl sites for hydroxylation is 1. The molecule has 0 saturated heterocycles. The summed E-state index contributed by atoms with van der Waals surface area (Å²) in [5, 5.41) is 10.5. The smallest absolute Gasteiger partial charge is 0.515 e. The Balaban J connectivity index is 2.98. The molecule has 0 atom stereocenters. The molecule has 8 heteroatoms. The minimum Gasteiger partial charge on any atom is -0.516 e. The Hall–Kier alpha value is -1.73. The fraction of sp³-hybridized carbons (Fsp3) is 0.250. The van der Waals surface area contributed by atoms with Gasteiger partial charge in [-0.3, -0.25) is 10.1 Å². The monoisotopic (exact) mass is 234 g/mol. The Labute approximate surface area is 89.2 Å². The number of rotatable bonds is 4. The molecule has 1 aromatic carbocycles. The first-order valence-corrected chi connectivity index (χ1v) is 4.39. The van der Waals surface area contributed by atoms with Crippen molar-refractivity contribution in [2.45, 2.75) is 6.92 Å². The molecule has 16 heavy (non-hydrogen) atoms. The predicted octanol–water partition coefficient (Wildman–Crippen LogP) is 2.67. The van der Waals surface area contributed by atoms with Crippen molar-refractivity contribution < 1.29 is 22.6 Å². The average Bonchev–Trinajstić information content (AvgIpc) is 2.13. The van der Waals surface area contributed by atoms with Gasteiger partial charge in [-0.2, -0.15) is 0 Å². The highest BCUT2D eigenvalue weighted by Crippen LogP contribution is 2.30. The molecule has 0 unspecified atom stereocenters. The second-order valence-electron chi connectivity index (χ2n) is 3.20. The molecular weight excluding hydrogens is 226 g/mol. The standard InChI is InChI=1S/C8H8BF3NO3/c1-6-3-2-4-7(13(14)15)8(6)16-5-9(10,11)12/h2-4H,5H2,1H3/q-1. The maximum atomic E-state index is 12.0. The van der Waals surface area contributed by atoms with Crippen LogP contribution >= 0.6 is 0 Å². The van der Waals surface area contributed by atoms with Crippen molar-refractivity contribution in [3.63, 3.8) is 0 Å². The molecule has 0 N–H and O–H groups in total. The molecule has 0 radical (unpaired) electrons. The van der Waals surface area contributed by atoms with E-state index in [1.807, 2.05) is 0 Å². The second-order valence-corrected chi connectivity index (χ2v) is 3.20. The van der Waals surface area contributed by atoms with Crippen LogP contribution in [0.4, 0.5) is 18.6 Å². The van der Waals surface area contributed by atoms with Gasteiger partial charge in [-0.15, -0.1) is 0 Å². The molecule has 88 valence electrons. The van der Waals surface area contributed by atoms with Gasteiger partial charge in [0.15, 0.2) is 5.75 Å². The van der Waals surface area contributed by atoms with Gasteiger partial charge in [-0.05, 0) is 12.5 Å². The third-order valence-corrected chi connectivity index (χ3v) is 1.80. The topological polar surface area (TPSA) is 52.4 Å². The maximum Gasteiger partial charge on any atom is 0.515 e. The summed E-state index contributed by atoms with van der Waals surface area (Å²) in [4.78, 5) is 9.78. The number of para-hydroxylation sites is 1. The summed E-state index contributed by atoms with van der Waals surface area (Å²) in [7, 11) is 0. The molecule has 4 nitrogen and oxygen atoms in total. The van der Waals surface area contributed by atoms with E-state index in [0.29, 0.717) is 5.56 Å². The molecule has 1 rings (SSSR count). The van der Waals surface area contributed by atoms with Crippen molar-refractivity contribution in [2.75, 3.05) is 6.51 Å². The number of hydrogen-bond donors (Lipinski definition) is 0. The van der Waals surface area contributed by atoms with Gasteiger partial charge in [0.1, 0.15) is 0 Å². The van der Waals surface area contributed by atoms with Crippen LogP contribution in [0.25, 0.3) is 0 Å². The molecule has 1 aromatic rings. The summed E-state index contributed by atoms with van der Waals surface area (Å²) in [5.74, 6) is -0.327. The van der Waals surface area contributed by atoms with Gasteiger partial charge in [0.05, 0.1) is 11.4 Å². The molecule has 0 aromatic heterocycles. The van der Waals surface area contributed by atoms with Crippen molar-refractivity contribution in [1.29, 1.82) is 0 Å². The average molecular weight is 234 g/mol. The van der Waals surface area contributed by atoms with Crippen LogP contribution in [0.5, 0.6) is 5.75 Å². The van der Waals surface area contributed by atoms with Crippen molar-refractivity contribution in [3.05, 3.63) is 33.9 Å². The predicted molar refractivity (Wildman–Crippen MR) is 52.4 cm³/mol. The van der Waals surface area contributed by atoms with Crippen molar-refractivity contribution in [3.8, 4) is 5.75 Å². The number of halogens is 3. The van der Waals surface area contributed by atoms with Crippen LogP contribution < -0.4 is 4.74 Å². The zero-order chi connectivity index (χ0) is 12.3. The van der Waals surface area contributed by atoms with E-state index in [-0.39, 0.29) is 5.75 Å². The Morgan fingerprint density at radius 2 is 2.06 bits per heavy atom. The van der Waals surface area contributed by atoms with Crippen LogP contribution in [0.3, 0.4) is 0 Å². The number of ether oxygens (including phenoxy) is 1. The SMILES string of the molecule is Cc1cccc([N+](=O)[O-])c1OC[B-](F)(F)F. The van der Waals surface area contributed by atoms with E-state index in [4.69, 9.17) is 0 Å². The minimum atomic E-state index is -5.12. The summed E-state index contributed by atoms with van der Waals surface area (Å²) in [6.45, 7) is -5.15. The summed E-state index contributed by atoms with van der Waals surface area (Å²) in [6, 6.07) is 3.94. The summed E-state index contributed by atoms with van der Waals surface area (Å²) < 4.78 is 40.4. The molecular formula is C8H8BF3NO3-. The lowest BCUT2D eigenvalue weighted by Crippen LogP contribution is -2.26. The van der Waals surface area contributed by atoms with E-state index >= 15 is 0 Å². The molecule has 0 heterocycles. The highest BCUT2D eigenvalue weighted by atomic mass is 19.4. The molecule has 0 aliphatic carbocycles. The molecule has 0 saturated carbocycles. The fourth-order valence-electron chi connectivity index (χ4n) is 1.15. The number of hydrogen-bond acceptors (Lipinski definition) is 3. The number of nitro benzene ring substituents is 1. The van der Waals surface area contributed by atoms with Crippen LogP contribution in [-0.2, 0) is 0 Å². The van der Waals surface area contributed by atoms with E-state index in [9.17, 15) is 23.1 Å². The Morgan fingerprint density at radius 3 is 2.56 bits per heavy atom. The Kier molecular flexibility index (Phi) is 3.41. The molecule has 0 bridgehead atoms. The van der Waals surface area contributed by atoms with E-state index in [1.165, 1.54) is 19.1 Å². The fourth-order valence-corrected chi connectivity index (χ4v) is 1.15. The molecule has 0 fully saturated rings. The normalized spacial score (nSPS) is 11.2. The second kappa shape index (κ2) is 4.42. The van der Waals surface area contributed by atoms with Crippen LogP contribution in [-0.4, -0.2) is 18.4 Å². The third-order valence-electron chi connectivity index (χ3n) is 1.80. The Morgan fingerprint density at radius 1 is 1.44 bits per heavy atom. The minimum absolute atomic E-state index is 0.300. The zero-order valence-electron chi connectivity index (χ0n) is 8.32. The van der Waals surface area contributed by atoms with Crippen LogP contribution in [0, 0.1) is 17.0 Å².